The van der Waals surface area contributed by atoms with E-state index in [1.54, 1.807) is 0 Å². The minimum Gasteiger partial charge on any atom is -0.492 e. The summed E-state index contributed by atoms with van der Waals surface area (Å²) in [6, 6.07) is 12.0. The van der Waals surface area contributed by atoms with Crippen LogP contribution >= 0.6 is 11.6 Å². The van der Waals surface area contributed by atoms with E-state index < -0.39 is 0 Å². The second-order valence-corrected chi connectivity index (χ2v) is 5.22. The lowest BCUT2D eigenvalue weighted by molar-refractivity contribution is 0.341. The molecular formula is C17H20ClNO. The van der Waals surface area contributed by atoms with Crippen molar-refractivity contribution in [3.63, 3.8) is 0 Å². The fourth-order valence-corrected chi connectivity index (χ4v) is 2.29. The minimum atomic E-state index is 0.639. The number of aryl methyl sites for hydroxylation is 1. The van der Waals surface area contributed by atoms with Gasteiger partial charge in [0.05, 0.1) is 12.3 Å². The topological polar surface area (TPSA) is 21.3 Å². The van der Waals surface area contributed by atoms with Gasteiger partial charge < -0.3 is 10.1 Å². The molecule has 1 N–H and O–H groups in total. The van der Waals surface area contributed by atoms with E-state index in [4.69, 9.17) is 16.3 Å². The monoisotopic (exact) mass is 289 g/mol. The first-order chi connectivity index (χ1) is 9.61. The lowest BCUT2D eigenvalue weighted by Crippen LogP contribution is -2.04. The number of anilines is 1. The highest BCUT2D eigenvalue weighted by atomic mass is 35.5. The SMILES string of the molecule is CCOc1ccc(Cl)cc1NCc1cccc(C)c1C. The van der Waals surface area contributed by atoms with Crippen LogP contribution in [0.5, 0.6) is 5.75 Å². The van der Waals surface area contributed by atoms with Gasteiger partial charge in [-0.25, -0.2) is 0 Å². The average molecular weight is 290 g/mol. The number of benzene rings is 2. The predicted octanol–water partition coefficient (Wildman–Crippen LogP) is 4.97. The third-order valence-corrected chi connectivity index (χ3v) is 3.66. The molecule has 0 spiro atoms. The van der Waals surface area contributed by atoms with Gasteiger partial charge in [0.25, 0.3) is 0 Å². The van der Waals surface area contributed by atoms with E-state index in [1.165, 1.54) is 16.7 Å². The average Bonchev–Trinajstić information content (AvgIpc) is 2.43. The van der Waals surface area contributed by atoms with E-state index in [0.29, 0.717) is 11.6 Å². The van der Waals surface area contributed by atoms with Crippen LogP contribution in [0.15, 0.2) is 36.4 Å². The summed E-state index contributed by atoms with van der Waals surface area (Å²) in [5.74, 6) is 0.835. The lowest BCUT2D eigenvalue weighted by atomic mass is 10.0. The molecule has 0 aliphatic carbocycles. The van der Waals surface area contributed by atoms with E-state index in [-0.39, 0.29) is 0 Å². The Labute approximate surface area is 125 Å². The summed E-state index contributed by atoms with van der Waals surface area (Å²) in [6.45, 7) is 7.65. The smallest absolute Gasteiger partial charge is 0.142 e. The van der Waals surface area contributed by atoms with E-state index in [9.17, 15) is 0 Å². The molecule has 20 heavy (non-hydrogen) atoms. The first kappa shape index (κ1) is 14.7. The highest BCUT2D eigenvalue weighted by molar-refractivity contribution is 6.30. The molecule has 2 aromatic rings. The Bertz CT molecular complexity index is 596. The molecule has 0 aliphatic rings. The van der Waals surface area contributed by atoms with Crippen LogP contribution in [0.25, 0.3) is 0 Å². The summed E-state index contributed by atoms with van der Waals surface area (Å²) in [6.07, 6.45) is 0. The second-order valence-electron chi connectivity index (χ2n) is 4.79. The maximum atomic E-state index is 6.06. The van der Waals surface area contributed by atoms with Crippen LogP contribution in [0.4, 0.5) is 5.69 Å². The van der Waals surface area contributed by atoms with Gasteiger partial charge in [-0.2, -0.15) is 0 Å². The molecule has 0 amide bonds. The van der Waals surface area contributed by atoms with Crippen LogP contribution in [0.1, 0.15) is 23.6 Å². The summed E-state index contributed by atoms with van der Waals surface area (Å²) >= 11 is 6.06. The maximum Gasteiger partial charge on any atom is 0.142 e. The van der Waals surface area contributed by atoms with Crippen LogP contribution in [-0.2, 0) is 6.54 Å². The molecule has 2 aromatic carbocycles. The Morgan fingerprint density at radius 2 is 1.95 bits per heavy atom. The quantitative estimate of drug-likeness (QED) is 0.839. The van der Waals surface area contributed by atoms with Gasteiger partial charge in [-0.3, -0.25) is 0 Å². The van der Waals surface area contributed by atoms with Crippen LogP contribution in [0.2, 0.25) is 5.02 Å². The molecule has 0 saturated heterocycles. The second kappa shape index (κ2) is 6.67. The Balaban J connectivity index is 2.18. The normalized spacial score (nSPS) is 10.4. The standard InChI is InChI=1S/C17H20ClNO/c1-4-20-17-9-8-15(18)10-16(17)19-11-14-7-5-6-12(2)13(14)3/h5-10,19H,4,11H2,1-3H3. The summed E-state index contributed by atoms with van der Waals surface area (Å²) in [4.78, 5) is 0. The third-order valence-electron chi connectivity index (χ3n) is 3.43. The van der Waals surface area contributed by atoms with Gasteiger partial charge >= 0.3 is 0 Å². The fourth-order valence-electron chi connectivity index (χ4n) is 2.12. The highest BCUT2D eigenvalue weighted by Gasteiger charge is 2.06. The van der Waals surface area contributed by atoms with Crippen LogP contribution in [-0.4, -0.2) is 6.61 Å². The zero-order valence-electron chi connectivity index (χ0n) is 12.2. The molecule has 0 atom stereocenters. The fraction of sp³-hybridized carbons (Fsp3) is 0.294. The number of hydrogen-bond acceptors (Lipinski definition) is 2. The number of halogens is 1. The summed E-state index contributed by atoms with van der Waals surface area (Å²) in [5.41, 5.74) is 4.84. The largest absolute Gasteiger partial charge is 0.492 e. The van der Waals surface area contributed by atoms with Crippen molar-refractivity contribution in [3.8, 4) is 5.75 Å². The molecule has 0 saturated carbocycles. The van der Waals surface area contributed by atoms with Crippen LogP contribution in [0, 0.1) is 13.8 Å². The van der Waals surface area contributed by atoms with Crippen molar-refractivity contribution in [3.05, 3.63) is 58.1 Å². The predicted molar refractivity (Wildman–Crippen MR) is 85.9 cm³/mol. The Morgan fingerprint density at radius 1 is 1.15 bits per heavy atom. The molecule has 106 valence electrons. The van der Waals surface area contributed by atoms with Crippen LogP contribution < -0.4 is 10.1 Å². The van der Waals surface area contributed by atoms with Crippen molar-refractivity contribution in [2.45, 2.75) is 27.3 Å². The van der Waals surface area contributed by atoms with Gasteiger partial charge in [-0.1, -0.05) is 29.8 Å². The van der Waals surface area contributed by atoms with Crippen LogP contribution in [0.3, 0.4) is 0 Å². The Kier molecular flexibility index (Phi) is 4.91. The molecule has 0 heterocycles. The first-order valence-electron chi connectivity index (χ1n) is 6.83. The Morgan fingerprint density at radius 3 is 2.70 bits per heavy atom. The maximum absolute atomic E-state index is 6.06. The van der Waals surface area contributed by atoms with E-state index in [0.717, 1.165) is 18.0 Å². The molecule has 2 rings (SSSR count). The number of nitrogens with one attached hydrogen (secondary N) is 1. The first-order valence-corrected chi connectivity index (χ1v) is 7.21. The van der Waals surface area contributed by atoms with E-state index in [1.807, 2.05) is 25.1 Å². The van der Waals surface area contributed by atoms with Gasteiger partial charge in [0.15, 0.2) is 0 Å². The van der Waals surface area contributed by atoms with Crippen molar-refractivity contribution >= 4 is 17.3 Å². The zero-order chi connectivity index (χ0) is 14.5. The van der Waals surface area contributed by atoms with Gasteiger partial charge in [0, 0.05) is 11.6 Å². The van der Waals surface area contributed by atoms with E-state index in [2.05, 4.69) is 37.4 Å². The molecule has 2 nitrogen and oxygen atoms in total. The molecule has 0 unspecified atom stereocenters. The highest BCUT2D eigenvalue weighted by Crippen LogP contribution is 2.28. The van der Waals surface area contributed by atoms with E-state index >= 15 is 0 Å². The van der Waals surface area contributed by atoms with Crippen molar-refractivity contribution in [1.29, 1.82) is 0 Å². The molecule has 0 fully saturated rings. The van der Waals surface area contributed by atoms with Gasteiger partial charge in [0.2, 0.25) is 0 Å². The summed E-state index contributed by atoms with van der Waals surface area (Å²) in [7, 11) is 0. The third kappa shape index (κ3) is 3.45. The number of rotatable bonds is 5. The van der Waals surface area contributed by atoms with Crippen molar-refractivity contribution in [1.82, 2.24) is 0 Å². The van der Waals surface area contributed by atoms with Gasteiger partial charge in [-0.05, 0) is 55.7 Å². The number of hydrogen-bond donors (Lipinski definition) is 1. The summed E-state index contributed by atoms with van der Waals surface area (Å²) in [5, 5.41) is 4.12. The minimum absolute atomic E-state index is 0.639. The number of ether oxygens (including phenoxy) is 1. The molecule has 0 radical (unpaired) electrons. The van der Waals surface area contributed by atoms with Crippen molar-refractivity contribution in [2.24, 2.45) is 0 Å². The molecule has 3 heteroatoms. The van der Waals surface area contributed by atoms with Gasteiger partial charge in [0.1, 0.15) is 5.75 Å². The zero-order valence-corrected chi connectivity index (χ0v) is 12.9. The molecule has 0 aliphatic heterocycles. The van der Waals surface area contributed by atoms with Gasteiger partial charge in [-0.15, -0.1) is 0 Å². The molecule has 0 bridgehead atoms. The molecule has 0 aromatic heterocycles. The summed E-state index contributed by atoms with van der Waals surface area (Å²) < 4.78 is 5.61. The Hall–Kier alpha value is -1.67. The van der Waals surface area contributed by atoms with Crippen molar-refractivity contribution in [2.75, 3.05) is 11.9 Å². The van der Waals surface area contributed by atoms with Crippen molar-refractivity contribution < 1.29 is 4.74 Å². The molecular weight excluding hydrogens is 270 g/mol. The lowest BCUT2D eigenvalue weighted by Gasteiger charge is -2.14.